The van der Waals surface area contributed by atoms with Gasteiger partial charge in [-0.15, -0.1) is 0 Å². The maximum absolute atomic E-state index is 6.97. The third-order valence-electron chi connectivity index (χ3n) is 0.567. The van der Waals surface area contributed by atoms with Crippen LogP contribution in [0.3, 0.4) is 0 Å². The maximum atomic E-state index is 6.97. The summed E-state index contributed by atoms with van der Waals surface area (Å²) in [7, 11) is -2.66. The second-order valence-corrected chi connectivity index (χ2v) is 1.43. The minimum atomic E-state index is -2.66. The number of halogens is 1. The lowest BCUT2D eigenvalue weighted by atomic mass is 11.0. The zero-order valence-electron chi connectivity index (χ0n) is 8.13. The molecule has 0 saturated carbocycles. The van der Waals surface area contributed by atoms with Crippen LogP contribution in [0.5, 0.6) is 6.01 Å². The molecule has 0 saturated heterocycles. The Morgan fingerprint density at radius 1 is 1.89 bits per heavy atom. The van der Waals surface area contributed by atoms with Crippen molar-refractivity contribution < 1.29 is 10.2 Å². The Morgan fingerprint density at radius 2 is 2.78 bits per heavy atom. The molecule has 0 aliphatic carbocycles. The Balaban J connectivity index is 2.90. The van der Waals surface area contributed by atoms with Crippen LogP contribution in [0.15, 0.2) is 6.30 Å². The van der Waals surface area contributed by atoms with Crippen molar-refractivity contribution in [1.29, 1.82) is 0 Å². The summed E-state index contributed by atoms with van der Waals surface area (Å²) < 4.78 is 31.4. The largest absolute Gasteiger partial charge is 0.467 e. The number of hydrogen-bond acceptors (Lipinski definition) is 4. The molecule has 0 spiro atoms. The SMILES string of the molecule is [2H]c1nc(Cl)nc(OC([2H])([2H])[2H])n1. The van der Waals surface area contributed by atoms with Crippen molar-refractivity contribution in [1.82, 2.24) is 15.0 Å². The van der Waals surface area contributed by atoms with Gasteiger partial charge in [-0.05, 0) is 11.6 Å². The molecule has 9 heavy (non-hydrogen) atoms. The summed E-state index contributed by atoms with van der Waals surface area (Å²) >= 11 is 5.33. The predicted molar refractivity (Wildman–Crippen MR) is 31.4 cm³/mol. The molecule has 0 aromatic carbocycles. The van der Waals surface area contributed by atoms with E-state index < -0.39 is 19.4 Å². The highest BCUT2D eigenvalue weighted by molar-refractivity contribution is 6.28. The lowest BCUT2D eigenvalue weighted by molar-refractivity contribution is 0.378. The van der Waals surface area contributed by atoms with Gasteiger partial charge in [0.05, 0.1) is 11.2 Å². The molecule has 48 valence electrons. The summed E-state index contributed by atoms with van der Waals surface area (Å²) in [5, 5.41) is -0.278. The topological polar surface area (TPSA) is 47.9 Å². The zero-order chi connectivity index (χ0) is 10.1. The molecule has 1 heterocycles. The first-order valence-corrected chi connectivity index (χ1v) is 2.32. The summed E-state index contributed by atoms with van der Waals surface area (Å²) in [4.78, 5) is 9.97. The Hall–Kier alpha value is -0.900. The Labute approximate surface area is 62.5 Å². The Morgan fingerprint density at radius 3 is 3.44 bits per heavy atom. The van der Waals surface area contributed by atoms with E-state index in [0.29, 0.717) is 0 Å². The molecule has 0 radical (unpaired) electrons. The first-order chi connectivity index (χ1) is 5.87. The molecule has 1 aromatic heterocycles. The van der Waals surface area contributed by atoms with Crippen LogP contribution in [-0.4, -0.2) is 22.0 Å². The van der Waals surface area contributed by atoms with E-state index in [1.807, 2.05) is 0 Å². The molecule has 4 nitrogen and oxygen atoms in total. The highest BCUT2D eigenvalue weighted by Crippen LogP contribution is 2.02. The van der Waals surface area contributed by atoms with Crippen molar-refractivity contribution in [2.45, 2.75) is 0 Å². The molecule has 0 N–H and O–H groups in total. The van der Waals surface area contributed by atoms with Crippen molar-refractivity contribution in [2.75, 3.05) is 7.04 Å². The van der Waals surface area contributed by atoms with Crippen molar-refractivity contribution in [3.63, 3.8) is 0 Å². The minimum Gasteiger partial charge on any atom is -0.467 e. The Kier molecular flexibility index (Phi) is 0.803. The number of rotatable bonds is 1. The third-order valence-corrected chi connectivity index (χ3v) is 0.736. The molecule has 1 rings (SSSR count). The van der Waals surface area contributed by atoms with Crippen LogP contribution in [0, 0.1) is 0 Å². The molecule has 0 amide bonds. The van der Waals surface area contributed by atoms with Crippen LogP contribution in [-0.2, 0) is 0 Å². The first-order valence-electron chi connectivity index (χ1n) is 3.94. The molecule has 5 heteroatoms. The molecular weight excluding hydrogens is 142 g/mol. The van der Waals surface area contributed by atoms with Gasteiger partial charge in [0.15, 0.2) is 0 Å². The maximum Gasteiger partial charge on any atom is 0.320 e. The molecule has 0 aliphatic rings. The monoisotopic (exact) mass is 149 g/mol. The van der Waals surface area contributed by atoms with E-state index in [0.717, 1.165) is 0 Å². The van der Waals surface area contributed by atoms with Crippen molar-refractivity contribution in [3.8, 4) is 6.01 Å². The van der Waals surface area contributed by atoms with Crippen molar-refractivity contribution >= 4 is 11.6 Å². The fourth-order valence-electron chi connectivity index (χ4n) is 0.284. The summed E-state index contributed by atoms with van der Waals surface area (Å²) in [5.74, 6) is 0. The van der Waals surface area contributed by atoms with E-state index in [4.69, 9.17) is 17.1 Å². The standard InChI is InChI=1S/C4H4ClN3O/c1-9-4-7-2-6-3(5)8-4/h2H,1H3/i1D3,2D. The van der Waals surface area contributed by atoms with E-state index in [2.05, 4.69) is 19.7 Å². The molecule has 1 aromatic rings. The van der Waals surface area contributed by atoms with Gasteiger partial charge >= 0.3 is 6.01 Å². The smallest absolute Gasteiger partial charge is 0.320 e. The van der Waals surface area contributed by atoms with Gasteiger partial charge in [0.25, 0.3) is 0 Å². The first kappa shape index (κ1) is 2.79. The molecular formula is C4H4ClN3O. The fraction of sp³-hybridized carbons (Fsp3) is 0.250. The van der Waals surface area contributed by atoms with Crippen LogP contribution in [0.1, 0.15) is 5.48 Å². The van der Waals surface area contributed by atoms with Gasteiger partial charge in [-0.25, -0.2) is 4.98 Å². The average Bonchev–Trinajstić information content (AvgIpc) is 1.78. The third kappa shape index (κ3) is 1.50. The molecule has 0 fully saturated rings. The number of nitrogens with zero attached hydrogens (tertiary/aromatic N) is 3. The summed E-state index contributed by atoms with van der Waals surface area (Å²) in [5.41, 5.74) is 0. The average molecular weight is 150 g/mol. The lowest BCUT2D eigenvalue weighted by Gasteiger charge is -1.92. The zero-order valence-corrected chi connectivity index (χ0v) is 4.88. The lowest BCUT2D eigenvalue weighted by Crippen LogP contribution is -1.92. The van der Waals surface area contributed by atoms with Crippen LogP contribution < -0.4 is 4.74 Å². The van der Waals surface area contributed by atoms with Gasteiger partial charge in [-0.3, -0.25) is 0 Å². The quantitative estimate of drug-likeness (QED) is 0.585. The van der Waals surface area contributed by atoms with Gasteiger partial charge in [-0.1, -0.05) is 0 Å². The Bertz CT molecular complexity index is 296. The number of methoxy groups -OCH3 is 1. The van der Waals surface area contributed by atoms with E-state index in [-0.39, 0.29) is 5.28 Å². The van der Waals surface area contributed by atoms with Gasteiger partial charge in [0, 0.05) is 0 Å². The summed E-state index contributed by atoms with van der Waals surface area (Å²) in [6.45, 7) is 0. The van der Waals surface area contributed by atoms with E-state index in [9.17, 15) is 0 Å². The van der Waals surface area contributed by atoms with Gasteiger partial charge in [0.1, 0.15) is 7.67 Å². The van der Waals surface area contributed by atoms with Crippen LogP contribution in [0.2, 0.25) is 5.28 Å². The van der Waals surface area contributed by atoms with Crippen LogP contribution in [0.4, 0.5) is 0 Å². The molecule has 0 aliphatic heterocycles. The fourth-order valence-corrected chi connectivity index (χ4v) is 0.394. The van der Waals surface area contributed by atoms with Gasteiger partial charge < -0.3 is 4.74 Å². The van der Waals surface area contributed by atoms with Crippen molar-refractivity contribution in [3.05, 3.63) is 11.6 Å². The number of ether oxygens (including phenoxy) is 1. The van der Waals surface area contributed by atoms with E-state index in [1.54, 1.807) is 0 Å². The highest BCUT2D eigenvalue weighted by Gasteiger charge is 1.93. The summed E-state index contributed by atoms with van der Waals surface area (Å²) in [6, 6.07) is -0.481. The summed E-state index contributed by atoms with van der Waals surface area (Å²) in [6.07, 6.45) is -0.445. The van der Waals surface area contributed by atoms with Crippen LogP contribution in [0.25, 0.3) is 0 Å². The van der Waals surface area contributed by atoms with E-state index >= 15 is 0 Å². The van der Waals surface area contributed by atoms with Gasteiger partial charge in [0.2, 0.25) is 5.28 Å². The molecule has 0 atom stereocenters. The molecule has 0 unspecified atom stereocenters. The van der Waals surface area contributed by atoms with Crippen LogP contribution >= 0.6 is 11.6 Å². The van der Waals surface area contributed by atoms with Crippen molar-refractivity contribution in [2.24, 2.45) is 0 Å². The highest BCUT2D eigenvalue weighted by atomic mass is 35.5. The second kappa shape index (κ2) is 2.59. The minimum absolute atomic E-state index is 0.278. The normalized spacial score (nSPS) is 17.0. The van der Waals surface area contributed by atoms with Gasteiger partial charge in [-0.2, -0.15) is 9.97 Å². The molecule has 0 bridgehead atoms. The van der Waals surface area contributed by atoms with E-state index in [1.165, 1.54) is 0 Å². The second-order valence-electron chi connectivity index (χ2n) is 1.09. The number of aromatic nitrogens is 3. The predicted octanol–water partition coefficient (Wildman–Crippen LogP) is 0.534. The number of hydrogen-bond donors (Lipinski definition) is 0.